The second kappa shape index (κ2) is 6.33. The minimum absolute atomic E-state index is 0.0769. The van der Waals surface area contributed by atoms with Crippen LogP contribution in [0.2, 0.25) is 0 Å². The van der Waals surface area contributed by atoms with Gasteiger partial charge in [0.05, 0.1) is 12.2 Å². The molecule has 2 rings (SSSR count). The van der Waals surface area contributed by atoms with E-state index < -0.39 is 0 Å². The van der Waals surface area contributed by atoms with E-state index in [1.807, 2.05) is 4.90 Å². The lowest BCUT2D eigenvalue weighted by atomic mass is 10.0. The standard InChI is InChI=1S/C13H19N5O2/c14-10-2-1-5-16-12(10)13(20)17-9-3-6-18(7-4-9)8-11(15)19/h1-2,5,9H,3-4,6-8,14H2,(H2,15,19)(H,17,20). The van der Waals surface area contributed by atoms with Crippen LogP contribution >= 0.6 is 0 Å². The molecule has 5 N–H and O–H groups in total. The Hall–Kier alpha value is -2.15. The maximum Gasteiger partial charge on any atom is 0.272 e. The van der Waals surface area contributed by atoms with Crippen molar-refractivity contribution in [3.63, 3.8) is 0 Å². The third-order valence-corrected chi connectivity index (χ3v) is 3.36. The van der Waals surface area contributed by atoms with E-state index in [4.69, 9.17) is 11.5 Å². The highest BCUT2D eigenvalue weighted by Gasteiger charge is 2.22. The van der Waals surface area contributed by atoms with Crippen molar-refractivity contribution in [2.24, 2.45) is 5.73 Å². The van der Waals surface area contributed by atoms with Crippen LogP contribution in [0.1, 0.15) is 23.3 Å². The monoisotopic (exact) mass is 277 g/mol. The summed E-state index contributed by atoms with van der Waals surface area (Å²) in [5, 5.41) is 2.93. The lowest BCUT2D eigenvalue weighted by molar-refractivity contribution is -0.119. The van der Waals surface area contributed by atoms with Gasteiger partial charge >= 0.3 is 0 Å². The van der Waals surface area contributed by atoms with Crippen LogP contribution in [0.4, 0.5) is 5.69 Å². The molecule has 7 heteroatoms. The maximum absolute atomic E-state index is 12.1. The van der Waals surface area contributed by atoms with Crippen LogP contribution in [0.15, 0.2) is 18.3 Å². The van der Waals surface area contributed by atoms with Crippen molar-refractivity contribution < 1.29 is 9.59 Å². The molecule has 0 atom stereocenters. The first-order valence-electron chi connectivity index (χ1n) is 6.58. The SMILES string of the molecule is NC(=O)CN1CCC(NC(=O)c2ncccc2N)CC1. The predicted molar refractivity (Wildman–Crippen MR) is 74.8 cm³/mol. The summed E-state index contributed by atoms with van der Waals surface area (Å²) in [5.41, 5.74) is 11.5. The third kappa shape index (κ3) is 3.67. The topological polar surface area (TPSA) is 114 Å². The van der Waals surface area contributed by atoms with Crippen LogP contribution in [0.5, 0.6) is 0 Å². The van der Waals surface area contributed by atoms with Gasteiger partial charge in [0.15, 0.2) is 5.69 Å². The normalized spacial score (nSPS) is 16.8. The first-order chi connectivity index (χ1) is 9.56. The number of carbonyl (C=O) groups excluding carboxylic acids is 2. The van der Waals surface area contributed by atoms with Gasteiger partial charge in [-0.2, -0.15) is 0 Å². The van der Waals surface area contributed by atoms with Crippen LogP contribution in [-0.2, 0) is 4.79 Å². The van der Waals surface area contributed by atoms with Gasteiger partial charge in [-0.15, -0.1) is 0 Å². The number of hydrogen-bond donors (Lipinski definition) is 3. The molecule has 2 heterocycles. The predicted octanol–water partition coefficient (Wildman–Crippen LogP) is -0.657. The van der Waals surface area contributed by atoms with Gasteiger partial charge in [0, 0.05) is 25.3 Å². The number of nitrogen functional groups attached to an aromatic ring is 1. The highest BCUT2D eigenvalue weighted by atomic mass is 16.2. The average molecular weight is 277 g/mol. The third-order valence-electron chi connectivity index (χ3n) is 3.36. The van der Waals surface area contributed by atoms with Crippen LogP contribution < -0.4 is 16.8 Å². The van der Waals surface area contributed by atoms with Gasteiger partial charge in [-0.1, -0.05) is 0 Å². The second-order valence-corrected chi connectivity index (χ2v) is 4.93. The van der Waals surface area contributed by atoms with Gasteiger partial charge in [0.25, 0.3) is 5.91 Å². The van der Waals surface area contributed by atoms with E-state index in [-0.39, 0.29) is 30.1 Å². The molecule has 1 fully saturated rings. The minimum Gasteiger partial charge on any atom is -0.397 e. The minimum atomic E-state index is -0.325. The molecule has 0 radical (unpaired) electrons. The number of nitrogens with one attached hydrogen (secondary N) is 1. The molecule has 0 saturated carbocycles. The number of aromatic nitrogens is 1. The Bertz CT molecular complexity index is 497. The van der Waals surface area contributed by atoms with Gasteiger partial charge in [-0.05, 0) is 25.0 Å². The Morgan fingerprint density at radius 1 is 1.40 bits per heavy atom. The highest BCUT2D eigenvalue weighted by Crippen LogP contribution is 2.12. The largest absolute Gasteiger partial charge is 0.397 e. The summed E-state index contributed by atoms with van der Waals surface area (Å²) in [6, 6.07) is 3.42. The van der Waals surface area contributed by atoms with Gasteiger partial charge in [0.2, 0.25) is 5.91 Å². The molecule has 0 bridgehead atoms. The zero-order valence-electron chi connectivity index (χ0n) is 11.2. The van der Waals surface area contributed by atoms with Gasteiger partial charge < -0.3 is 16.8 Å². The van der Waals surface area contributed by atoms with Crippen molar-refractivity contribution in [1.29, 1.82) is 0 Å². The van der Waals surface area contributed by atoms with Crippen molar-refractivity contribution in [2.75, 3.05) is 25.4 Å². The molecule has 20 heavy (non-hydrogen) atoms. The van der Waals surface area contributed by atoms with Crippen molar-refractivity contribution in [3.05, 3.63) is 24.0 Å². The fourth-order valence-corrected chi connectivity index (χ4v) is 2.32. The zero-order valence-corrected chi connectivity index (χ0v) is 11.2. The Morgan fingerprint density at radius 2 is 2.10 bits per heavy atom. The lowest BCUT2D eigenvalue weighted by Gasteiger charge is -2.31. The number of hydrogen-bond acceptors (Lipinski definition) is 5. The van der Waals surface area contributed by atoms with E-state index >= 15 is 0 Å². The molecule has 1 aliphatic heterocycles. The Kier molecular flexibility index (Phi) is 4.52. The number of piperidine rings is 1. The number of nitrogens with zero attached hydrogens (tertiary/aromatic N) is 2. The number of amides is 2. The molecule has 0 unspecified atom stereocenters. The number of nitrogens with two attached hydrogens (primary N) is 2. The first kappa shape index (κ1) is 14.3. The fourth-order valence-electron chi connectivity index (χ4n) is 2.32. The van der Waals surface area contributed by atoms with E-state index in [0.717, 1.165) is 25.9 Å². The molecule has 1 aliphatic rings. The molecule has 1 aromatic heterocycles. The summed E-state index contributed by atoms with van der Waals surface area (Å²) in [5.74, 6) is -0.579. The summed E-state index contributed by atoms with van der Waals surface area (Å²) in [7, 11) is 0. The number of anilines is 1. The van der Waals surface area contributed by atoms with Gasteiger partial charge in [-0.25, -0.2) is 4.98 Å². The van der Waals surface area contributed by atoms with E-state index in [9.17, 15) is 9.59 Å². The van der Waals surface area contributed by atoms with E-state index in [2.05, 4.69) is 10.3 Å². The summed E-state index contributed by atoms with van der Waals surface area (Å²) < 4.78 is 0. The number of primary amides is 1. The van der Waals surface area contributed by atoms with E-state index in [1.165, 1.54) is 0 Å². The quantitative estimate of drug-likeness (QED) is 0.676. The molecule has 0 aliphatic carbocycles. The maximum atomic E-state index is 12.1. The molecular formula is C13H19N5O2. The van der Waals surface area contributed by atoms with Crippen LogP contribution in [0, 0.1) is 0 Å². The summed E-state index contributed by atoms with van der Waals surface area (Å²) >= 11 is 0. The van der Waals surface area contributed by atoms with Crippen LogP contribution in [0.25, 0.3) is 0 Å². The number of carbonyl (C=O) groups is 2. The van der Waals surface area contributed by atoms with Crippen molar-refractivity contribution >= 4 is 17.5 Å². The average Bonchev–Trinajstić information content (AvgIpc) is 2.41. The van der Waals surface area contributed by atoms with Crippen molar-refractivity contribution in [1.82, 2.24) is 15.2 Å². The molecule has 2 amide bonds. The van der Waals surface area contributed by atoms with E-state index in [1.54, 1.807) is 18.3 Å². The van der Waals surface area contributed by atoms with Crippen LogP contribution in [0.3, 0.4) is 0 Å². The molecular weight excluding hydrogens is 258 g/mol. The molecule has 1 saturated heterocycles. The second-order valence-electron chi connectivity index (χ2n) is 4.93. The smallest absolute Gasteiger partial charge is 0.272 e. The summed E-state index contributed by atoms with van der Waals surface area (Å²) in [6.07, 6.45) is 3.11. The molecule has 108 valence electrons. The van der Waals surface area contributed by atoms with E-state index in [0.29, 0.717) is 5.69 Å². The Labute approximate surface area is 117 Å². The van der Waals surface area contributed by atoms with Gasteiger partial charge in [-0.3, -0.25) is 14.5 Å². The number of rotatable bonds is 4. The Morgan fingerprint density at radius 3 is 2.70 bits per heavy atom. The van der Waals surface area contributed by atoms with Crippen molar-refractivity contribution in [2.45, 2.75) is 18.9 Å². The summed E-state index contributed by atoms with van der Waals surface area (Å²) in [4.78, 5) is 28.9. The molecule has 1 aromatic rings. The molecule has 0 aromatic carbocycles. The highest BCUT2D eigenvalue weighted by molar-refractivity contribution is 5.97. The fraction of sp³-hybridized carbons (Fsp3) is 0.462. The molecule has 7 nitrogen and oxygen atoms in total. The lowest BCUT2D eigenvalue weighted by Crippen LogP contribution is -2.46. The van der Waals surface area contributed by atoms with Crippen molar-refractivity contribution in [3.8, 4) is 0 Å². The number of likely N-dealkylation sites (tertiary alicyclic amines) is 1. The Balaban J connectivity index is 1.85. The first-order valence-corrected chi connectivity index (χ1v) is 6.58. The zero-order chi connectivity index (χ0) is 14.5. The molecule has 0 spiro atoms. The van der Waals surface area contributed by atoms with Crippen LogP contribution in [-0.4, -0.2) is 47.4 Å². The number of pyridine rings is 1. The summed E-state index contributed by atoms with van der Waals surface area (Å²) in [6.45, 7) is 1.75. The van der Waals surface area contributed by atoms with Gasteiger partial charge in [0.1, 0.15) is 0 Å².